The van der Waals surface area contributed by atoms with E-state index in [1.54, 1.807) is 0 Å². The number of hydrogen-bond acceptors (Lipinski definition) is 3. The molecule has 0 saturated carbocycles. The van der Waals surface area contributed by atoms with Gasteiger partial charge in [0.1, 0.15) is 0 Å². The first-order chi connectivity index (χ1) is 12.5. The van der Waals surface area contributed by atoms with Crippen molar-refractivity contribution in [1.29, 1.82) is 0 Å². The van der Waals surface area contributed by atoms with Crippen LogP contribution in [0.3, 0.4) is 0 Å². The lowest BCUT2D eigenvalue weighted by molar-refractivity contribution is 0.102. The van der Waals surface area contributed by atoms with E-state index in [1.807, 2.05) is 38.1 Å². The predicted octanol–water partition coefficient (Wildman–Crippen LogP) is 4.49. The maximum absolute atomic E-state index is 12.9. The Morgan fingerprint density at radius 1 is 1.15 bits per heavy atom. The van der Waals surface area contributed by atoms with Crippen LogP contribution in [0.1, 0.15) is 34.1 Å². The molecule has 2 aromatic carbocycles. The van der Waals surface area contributed by atoms with Gasteiger partial charge in [-0.1, -0.05) is 17.7 Å². The monoisotopic (exact) mass is 345 g/mol. The third-order valence-electron chi connectivity index (χ3n) is 5.12. The second-order valence-electron chi connectivity index (χ2n) is 6.94. The van der Waals surface area contributed by atoms with Crippen LogP contribution >= 0.6 is 0 Å². The topological polar surface area (TPSA) is 45.2 Å². The number of fused-ring (bicyclic) bond motifs is 2. The summed E-state index contributed by atoms with van der Waals surface area (Å²) in [5, 5.41) is 4.04. The molecular weight excluding hydrogens is 322 g/mol. The third-order valence-corrected chi connectivity index (χ3v) is 5.12. The van der Waals surface area contributed by atoms with Crippen LogP contribution in [-0.4, -0.2) is 24.0 Å². The van der Waals surface area contributed by atoms with E-state index in [0.29, 0.717) is 5.56 Å². The molecule has 0 aliphatic carbocycles. The van der Waals surface area contributed by atoms with Gasteiger partial charge in [-0.25, -0.2) is 0 Å². The Bertz CT molecular complexity index is 1010. The molecule has 0 atom stereocenters. The molecule has 1 aliphatic rings. The SMILES string of the molecule is CCN1CCc2ccc(NC(=O)c3cc4cc(C)ccc4nc3C)cc21. The number of anilines is 2. The average Bonchev–Trinajstić information content (AvgIpc) is 3.03. The zero-order chi connectivity index (χ0) is 18.3. The molecule has 4 rings (SSSR count). The van der Waals surface area contributed by atoms with Gasteiger partial charge in [0.25, 0.3) is 5.91 Å². The van der Waals surface area contributed by atoms with Gasteiger partial charge in [-0.3, -0.25) is 9.78 Å². The van der Waals surface area contributed by atoms with Crippen LogP contribution < -0.4 is 10.2 Å². The van der Waals surface area contributed by atoms with Gasteiger partial charge in [0.2, 0.25) is 0 Å². The van der Waals surface area contributed by atoms with Crippen molar-refractivity contribution >= 4 is 28.2 Å². The van der Waals surface area contributed by atoms with Crippen LogP contribution in [-0.2, 0) is 6.42 Å². The van der Waals surface area contributed by atoms with Crippen LogP contribution in [0.5, 0.6) is 0 Å². The lowest BCUT2D eigenvalue weighted by Crippen LogP contribution is -2.19. The lowest BCUT2D eigenvalue weighted by Gasteiger charge is -2.17. The van der Waals surface area contributed by atoms with Crippen LogP contribution in [0.4, 0.5) is 11.4 Å². The molecule has 1 aliphatic heterocycles. The number of hydrogen-bond donors (Lipinski definition) is 1. The molecule has 4 heteroatoms. The summed E-state index contributed by atoms with van der Waals surface area (Å²) < 4.78 is 0. The van der Waals surface area contributed by atoms with Crippen molar-refractivity contribution in [2.45, 2.75) is 27.2 Å². The number of amides is 1. The first-order valence-corrected chi connectivity index (χ1v) is 9.12. The largest absolute Gasteiger partial charge is 0.371 e. The number of likely N-dealkylation sites (N-methyl/N-ethyl adjacent to an activating group) is 1. The molecule has 1 amide bonds. The highest BCUT2D eigenvalue weighted by Crippen LogP contribution is 2.31. The molecule has 0 unspecified atom stereocenters. The molecule has 0 saturated heterocycles. The first kappa shape index (κ1) is 16.6. The van der Waals surface area contributed by atoms with Crippen molar-refractivity contribution in [2.24, 2.45) is 0 Å². The molecule has 3 aromatic rings. The fourth-order valence-corrected chi connectivity index (χ4v) is 3.67. The minimum absolute atomic E-state index is 0.112. The Morgan fingerprint density at radius 2 is 2.00 bits per heavy atom. The number of carbonyl (C=O) groups excluding carboxylic acids is 1. The Labute approximate surface area is 153 Å². The summed E-state index contributed by atoms with van der Waals surface area (Å²) in [4.78, 5) is 19.8. The molecule has 26 heavy (non-hydrogen) atoms. The van der Waals surface area contributed by atoms with Gasteiger partial charge >= 0.3 is 0 Å². The number of aromatic nitrogens is 1. The minimum Gasteiger partial charge on any atom is -0.371 e. The number of nitrogens with one attached hydrogen (secondary N) is 1. The Kier molecular flexibility index (Phi) is 4.11. The smallest absolute Gasteiger partial charge is 0.257 e. The molecule has 4 nitrogen and oxygen atoms in total. The summed E-state index contributed by atoms with van der Waals surface area (Å²) in [6, 6.07) is 14.2. The fourth-order valence-electron chi connectivity index (χ4n) is 3.67. The highest BCUT2D eigenvalue weighted by molar-refractivity contribution is 6.07. The Morgan fingerprint density at radius 3 is 2.81 bits per heavy atom. The van der Waals surface area contributed by atoms with Crippen LogP contribution in [0.15, 0.2) is 42.5 Å². The number of rotatable bonds is 3. The maximum atomic E-state index is 12.9. The number of nitrogens with zero attached hydrogens (tertiary/aromatic N) is 2. The zero-order valence-corrected chi connectivity index (χ0v) is 15.5. The summed E-state index contributed by atoms with van der Waals surface area (Å²) in [5.74, 6) is -0.112. The molecule has 2 heterocycles. The summed E-state index contributed by atoms with van der Waals surface area (Å²) in [7, 11) is 0. The van der Waals surface area contributed by atoms with Crippen molar-refractivity contribution in [3.8, 4) is 0 Å². The van der Waals surface area contributed by atoms with E-state index in [0.717, 1.165) is 47.4 Å². The molecule has 0 spiro atoms. The van der Waals surface area contributed by atoms with Gasteiger partial charge in [-0.2, -0.15) is 0 Å². The highest BCUT2D eigenvalue weighted by Gasteiger charge is 2.19. The standard InChI is InChI=1S/C22H23N3O/c1-4-25-10-9-16-6-7-18(13-21(16)25)24-22(26)19-12-17-11-14(2)5-8-20(17)23-15(19)3/h5-8,11-13H,4,9-10H2,1-3H3,(H,24,26). The van der Waals surface area contributed by atoms with Crippen molar-refractivity contribution in [3.05, 3.63) is 64.8 Å². The predicted molar refractivity (Wildman–Crippen MR) is 107 cm³/mol. The van der Waals surface area contributed by atoms with E-state index >= 15 is 0 Å². The maximum Gasteiger partial charge on any atom is 0.257 e. The Hall–Kier alpha value is -2.88. The van der Waals surface area contributed by atoms with Crippen molar-refractivity contribution in [3.63, 3.8) is 0 Å². The van der Waals surface area contributed by atoms with Crippen molar-refractivity contribution in [1.82, 2.24) is 4.98 Å². The lowest BCUT2D eigenvalue weighted by atomic mass is 10.1. The minimum atomic E-state index is -0.112. The van der Waals surface area contributed by atoms with Gasteiger partial charge in [0.05, 0.1) is 16.8 Å². The van der Waals surface area contributed by atoms with Gasteiger partial charge in [-0.05, 0) is 63.1 Å². The van der Waals surface area contributed by atoms with Gasteiger partial charge < -0.3 is 10.2 Å². The van der Waals surface area contributed by atoms with E-state index in [9.17, 15) is 4.79 Å². The van der Waals surface area contributed by atoms with Crippen molar-refractivity contribution in [2.75, 3.05) is 23.3 Å². The summed E-state index contributed by atoms with van der Waals surface area (Å²) in [5.41, 5.74) is 6.86. The van der Waals surface area contributed by atoms with E-state index < -0.39 is 0 Å². The van der Waals surface area contributed by atoms with Gasteiger partial charge in [0, 0.05) is 29.9 Å². The van der Waals surface area contributed by atoms with E-state index in [4.69, 9.17) is 0 Å². The quantitative estimate of drug-likeness (QED) is 0.761. The van der Waals surface area contributed by atoms with Gasteiger partial charge in [-0.15, -0.1) is 0 Å². The Balaban J connectivity index is 1.64. The number of pyridine rings is 1. The second-order valence-corrected chi connectivity index (χ2v) is 6.94. The first-order valence-electron chi connectivity index (χ1n) is 9.12. The molecule has 1 N–H and O–H groups in total. The second kappa shape index (κ2) is 6.45. The molecule has 0 radical (unpaired) electrons. The average molecular weight is 345 g/mol. The van der Waals surface area contributed by atoms with Crippen LogP contribution in [0.2, 0.25) is 0 Å². The third kappa shape index (κ3) is 2.92. The summed E-state index contributed by atoms with van der Waals surface area (Å²) in [6.07, 6.45) is 1.07. The molecule has 0 bridgehead atoms. The molecule has 1 aromatic heterocycles. The summed E-state index contributed by atoms with van der Waals surface area (Å²) in [6.45, 7) is 8.12. The van der Waals surface area contributed by atoms with Crippen molar-refractivity contribution < 1.29 is 4.79 Å². The fraction of sp³-hybridized carbons (Fsp3) is 0.273. The normalized spacial score (nSPS) is 13.1. The van der Waals surface area contributed by atoms with Crippen LogP contribution in [0.25, 0.3) is 10.9 Å². The molecule has 132 valence electrons. The van der Waals surface area contributed by atoms with E-state index in [2.05, 4.69) is 40.3 Å². The number of aryl methyl sites for hydroxylation is 2. The summed E-state index contributed by atoms with van der Waals surface area (Å²) >= 11 is 0. The molecular formula is C22H23N3O. The van der Waals surface area contributed by atoms with Gasteiger partial charge in [0.15, 0.2) is 0 Å². The zero-order valence-electron chi connectivity index (χ0n) is 15.5. The number of carbonyl (C=O) groups is 1. The van der Waals surface area contributed by atoms with Crippen LogP contribution in [0, 0.1) is 13.8 Å². The van der Waals surface area contributed by atoms with E-state index in [-0.39, 0.29) is 5.91 Å². The highest BCUT2D eigenvalue weighted by atomic mass is 16.1. The van der Waals surface area contributed by atoms with E-state index in [1.165, 1.54) is 11.3 Å². The number of benzene rings is 2. The molecule has 0 fully saturated rings.